The van der Waals surface area contributed by atoms with Crippen LogP contribution in [0.25, 0.3) is 0 Å². The van der Waals surface area contributed by atoms with E-state index in [9.17, 15) is 8.42 Å². The summed E-state index contributed by atoms with van der Waals surface area (Å²) >= 11 is 0. The number of aryl methyl sites for hydroxylation is 1. The number of benzene rings is 2. The molecule has 0 radical (unpaired) electrons. The molecular formula is C22H26N2O2S. The summed E-state index contributed by atoms with van der Waals surface area (Å²) in [4.78, 5) is 0.338. The lowest BCUT2D eigenvalue weighted by atomic mass is 9.77. The van der Waals surface area contributed by atoms with E-state index in [4.69, 9.17) is 0 Å². The topological polar surface area (TPSA) is 58.2 Å². The van der Waals surface area contributed by atoms with E-state index in [2.05, 4.69) is 53.4 Å². The van der Waals surface area contributed by atoms with E-state index in [0.29, 0.717) is 10.8 Å². The van der Waals surface area contributed by atoms with Crippen LogP contribution >= 0.6 is 0 Å². The van der Waals surface area contributed by atoms with Gasteiger partial charge in [-0.2, -0.15) is 0 Å². The van der Waals surface area contributed by atoms with E-state index in [0.717, 1.165) is 17.7 Å². The summed E-state index contributed by atoms with van der Waals surface area (Å²) in [6, 6.07) is 14.2. The third-order valence-corrected chi connectivity index (χ3v) is 7.13. The van der Waals surface area contributed by atoms with Crippen molar-refractivity contribution in [3.8, 4) is 0 Å². The summed E-state index contributed by atoms with van der Waals surface area (Å²) < 4.78 is 27.9. The molecule has 3 unspecified atom stereocenters. The average Bonchev–Trinajstić information content (AvgIpc) is 3.10. The number of rotatable bonds is 4. The van der Waals surface area contributed by atoms with Gasteiger partial charge in [-0.25, -0.2) is 13.1 Å². The van der Waals surface area contributed by atoms with Crippen LogP contribution in [0.3, 0.4) is 0 Å². The molecule has 27 heavy (non-hydrogen) atoms. The van der Waals surface area contributed by atoms with Crippen molar-refractivity contribution >= 4 is 15.7 Å². The van der Waals surface area contributed by atoms with Crippen molar-refractivity contribution in [1.29, 1.82) is 0 Å². The van der Waals surface area contributed by atoms with Gasteiger partial charge in [0, 0.05) is 17.6 Å². The molecule has 0 saturated heterocycles. The highest BCUT2D eigenvalue weighted by atomic mass is 32.2. The number of nitrogens with one attached hydrogen (secondary N) is 2. The van der Waals surface area contributed by atoms with Crippen molar-refractivity contribution in [2.45, 2.75) is 50.1 Å². The maximum absolute atomic E-state index is 12.6. The molecule has 2 aromatic rings. The van der Waals surface area contributed by atoms with Gasteiger partial charge in [0.1, 0.15) is 0 Å². The summed E-state index contributed by atoms with van der Waals surface area (Å²) in [6.07, 6.45) is 5.45. The molecule has 0 bridgehead atoms. The van der Waals surface area contributed by atoms with Crippen LogP contribution in [0.15, 0.2) is 59.5 Å². The van der Waals surface area contributed by atoms with Crippen molar-refractivity contribution in [3.05, 3.63) is 71.3 Å². The second-order valence-corrected chi connectivity index (χ2v) is 9.63. The highest BCUT2D eigenvalue weighted by Crippen LogP contribution is 2.50. The summed E-state index contributed by atoms with van der Waals surface area (Å²) in [5, 5.41) is 3.67. The zero-order valence-corrected chi connectivity index (χ0v) is 16.8. The van der Waals surface area contributed by atoms with Gasteiger partial charge in [-0.1, -0.05) is 42.0 Å². The van der Waals surface area contributed by atoms with Crippen LogP contribution in [0, 0.1) is 12.8 Å². The first-order valence-electron chi connectivity index (χ1n) is 9.51. The van der Waals surface area contributed by atoms with Gasteiger partial charge in [-0.05, 0) is 62.4 Å². The minimum atomic E-state index is -3.49. The zero-order valence-electron chi connectivity index (χ0n) is 15.9. The Morgan fingerprint density at radius 1 is 1.11 bits per heavy atom. The molecule has 142 valence electrons. The van der Waals surface area contributed by atoms with Gasteiger partial charge in [0.25, 0.3) is 0 Å². The highest BCUT2D eigenvalue weighted by molar-refractivity contribution is 7.89. The van der Waals surface area contributed by atoms with Gasteiger partial charge in [-0.15, -0.1) is 0 Å². The Bertz CT molecular complexity index is 978. The number of allylic oxidation sites excluding steroid dienone is 2. The molecule has 2 aliphatic rings. The second-order valence-electron chi connectivity index (χ2n) is 7.91. The van der Waals surface area contributed by atoms with Crippen molar-refractivity contribution in [2.75, 3.05) is 5.32 Å². The molecule has 0 spiro atoms. The van der Waals surface area contributed by atoms with Gasteiger partial charge >= 0.3 is 0 Å². The Balaban J connectivity index is 1.73. The fraction of sp³-hybridized carbons (Fsp3) is 0.364. The molecule has 4 rings (SSSR count). The fourth-order valence-electron chi connectivity index (χ4n) is 4.22. The van der Waals surface area contributed by atoms with E-state index in [1.54, 1.807) is 6.07 Å². The Labute approximate surface area is 161 Å². The third kappa shape index (κ3) is 3.42. The Kier molecular flexibility index (Phi) is 4.60. The largest absolute Gasteiger partial charge is 0.378 e. The molecule has 2 N–H and O–H groups in total. The van der Waals surface area contributed by atoms with Crippen molar-refractivity contribution < 1.29 is 8.42 Å². The number of hydrogen-bond acceptors (Lipinski definition) is 3. The monoisotopic (exact) mass is 382 g/mol. The molecule has 3 atom stereocenters. The first kappa shape index (κ1) is 18.3. The summed E-state index contributed by atoms with van der Waals surface area (Å²) in [5.41, 5.74) is 4.63. The molecular weight excluding hydrogens is 356 g/mol. The Morgan fingerprint density at radius 3 is 2.56 bits per heavy atom. The molecule has 0 aromatic heterocycles. The molecule has 4 nitrogen and oxygen atoms in total. The summed E-state index contributed by atoms with van der Waals surface area (Å²) in [5.74, 6) is 0.637. The van der Waals surface area contributed by atoms with Crippen molar-refractivity contribution in [1.82, 2.24) is 4.72 Å². The standard InChI is InChI=1S/C22H26N2O2S/c1-14(2)24-27(25,26)17-11-12-21-20(13-17)18-5-4-6-19(18)22(23-21)16-9-7-15(3)8-10-16/h4-5,7-14,18-19,22-24H,6H2,1-3H3. The number of anilines is 1. The number of fused-ring (bicyclic) bond motifs is 3. The first-order chi connectivity index (χ1) is 12.8. The predicted molar refractivity (Wildman–Crippen MR) is 109 cm³/mol. The smallest absolute Gasteiger partial charge is 0.240 e. The van der Waals surface area contributed by atoms with Gasteiger partial charge in [0.15, 0.2) is 0 Å². The van der Waals surface area contributed by atoms with Gasteiger partial charge in [-0.3, -0.25) is 0 Å². The molecule has 2 aromatic carbocycles. The van der Waals surface area contributed by atoms with Crippen LogP contribution < -0.4 is 10.0 Å². The quantitative estimate of drug-likeness (QED) is 0.765. The van der Waals surface area contributed by atoms with E-state index in [1.165, 1.54) is 11.1 Å². The lowest BCUT2D eigenvalue weighted by Gasteiger charge is -2.37. The summed E-state index contributed by atoms with van der Waals surface area (Å²) in [6.45, 7) is 5.76. The zero-order chi connectivity index (χ0) is 19.2. The van der Waals surface area contributed by atoms with Gasteiger partial charge in [0.05, 0.1) is 10.9 Å². The maximum Gasteiger partial charge on any atom is 0.240 e. The Hall–Kier alpha value is -2.11. The minimum Gasteiger partial charge on any atom is -0.378 e. The normalized spacial score (nSPS) is 23.8. The average molecular weight is 383 g/mol. The van der Waals surface area contributed by atoms with E-state index < -0.39 is 10.0 Å². The fourth-order valence-corrected chi connectivity index (χ4v) is 5.51. The molecule has 5 heteroatoms. The van der Waals surface area contributed by atoms with Crippen molar-refractivity contribution in [2.24, 2.45) is 5.92 Å². The van der Waals surface area contributed by atoms with Crippen LogP contribution in [0.4, 0.5) is 5.69 Å². The van der Waals surface area contributed by atoms with E-state index >= 15 is 0 Å². The number of hydrogen-bond donors (Lipinski definition) is 2. The van der Waals surface area contributed by atoms with Crippen LogP contribution in [0.5, 0.6) is 0 Å². The van der Waals surface area contributed by atoms with E-state index in [-0.39, 0.29) is 18.0 Å². The third-order valence-electron chi connectivity index (χ3n) is 5.47. The molecule has 0 amide bonds. The molecule has 0 saturated carbocycles. The highest BCUT2D eigenvalue weighted by Gasteiger charge is 2.38. The van der Waals surface area contributed by atoms with Gasteiger partial charge < -0.3 is 5.32 Å². The lowest BCUT2D eigenvalue weighted by Crippen LogP contribution is -2.31. The van der Waals surface area contributed by atoms with Gasteiger partial charge in [0.2, 0.25) is 10.0 Å². The lowest BCUT2D eigenvalue weighted by molar-refractivity contribution is 0.425. The molecule has 1 aliphatic heterocycles. The minimum absolute atomic E-state index is 0.130. The molecule has 1 heterocycles. The Morgan fingerprint density at radius 2 is 1.85 bits per heavy atom. The molecule has 1 aliphatic carbocycles. The number of sulfonamides is 1. The van der Waals surface area contributed by atoms with Crippen molar-refractivity contribution in [3.63, 3.8) is 0 Å². The molecule has 0 fully saturated rings. The predicted octanol–water partition coefficient (Wildman–Crippen LogP) is 4.51. The summed E-state index contributed by atoms with van der Waals surface area (Å²) in [7, 11) is -3.49. The van der Waals surface area contributed by atoms with Crippen LogP contribution in [0.2, 0.25) is 0 Å². The van der Waals surface area contributed by atoms with Crippen LogP contribution in [-0.4, -0.2) is 14.5 Å². The second kappa shape index (κ2) is 6.80. The first-order valence-corrected chi connectivity index (χ1v) is 11.0. The van der Waals surface area contributed by atoms with Crippen LogP contribution in [-0.2, 0) is 10.0 Å². The van der Waals surface area contributed by atoms with Crippen LogP contribution in [0.1, 0.15) is 48.9 Å². The maximum atomic E-state index is 12.6. The SMILES string of the molecule is Cc1ccc(C2Nc3ccc(S(=O)(=O)NC(C)C)cc3C3C=CCC32)cc1. The van der Waals surface area contributed by atoms with E-state index in [1.807, 2.05) is 26.0 Å².